The van der Waals surface area contributed by atoms with Gasteiger partial charge in [-0.05, 0) is 50.3 Å². The minimum atomic E-state index is -0.0680. The quantitative estimate of drug-likeness (QED) is 0.922. The van der Waals surface area contributed by atoms with Gasteiger partial charge in [-0.15, -0.1) is 0 Å². The molecule has 2 aromatic rings. The normalized spacial score (nSPS) is 27.4. The van der Waals surface area contributed by atoms with E-state index in [-0.39, 0.29) is 30.0 Å². The number of ether oxygens (including phenoxy) is 1. The number of fused-ring (bicyclic) bond motifs is 3. The molecule has 2 bridgehead atoms. The van der Waals surface area contributed by atoms with Gasteiger partial charge in [0, 0.05) is 0 Å². The minimum absolute atomic E-state index is 0.0388. The van der Waals surface area contributed by atoms with E-state index >= 15 is 0 Å². The van der Waals surface area contributed by atoms with Crippen LogP contribution in [-0.4, -0.2) is 23.1 Å². The average Bonchev–Trinajstić information content (AvgIpc) is 3.12. The highest BCUT2D eigenvalue weighted by molar-refractivity contribution is 5.92. The van der Waals surface area contributed by atoms with Crippen molar-refractivity contribution in [2.45, 2.75) is 45.3 Å². The molecule has 0 spiro atoms. The molecule has 5 nitrogen and oxygen atoms in total. The number of aryl methyl sites for hydroxylation is 2. The molecular weight excluding hydrogens is 268 g/mol. The Morgan fingerprint density at radius 2 is 2.19 bits per heavy atom. The van der Waals surface area contributed by atoms with Gasteiger partial charge in [-0.1, -0.05) is 6.07 Å². The fraction of sp³-hybridized carbons (Fsp3) is 0.500. The van der Waals surface area contributed by atoms with Crippen LogP contribution in [0.3, 0.4) is 0 Å². The van der Waals surface area contributed by atoms with Crippen LogP contribution in [0.25, 0.3) is 11.1 Å². The standard InChI is InChI=1S/C16H18N2O3/c1-8-5-9(2)14-12(6-8)17-16(21-14)18-15(19)11-7-10-3-4-13(11)20-10/h5-6,10-11,13H,3-4,7H2,1-2H3,(H,17,18,19)/t10-,11+,13-/m1/s1. The van der Waals surface area contributed by atoms with Gasteiger partial charge < -0.3 is 9.15 Å². The summed E-state index contributed by atoms with van der Waals surface area (Å²) in [6.45, 7) is 4.00. The summed E-state index contributed by atoms with van der Waals surface area (Å²) < 4.78 is 11.4. The molecule has 21 heavy (non-hydrogen) atoms. The number of nitrogens with zero attached hydrogens (tertiary/aromatic N) is 1. The van der Waals surface area contributed by atoms with Crippen molar-refractivity contribution in [1.29, 1.82) is 0 Å². The molecule has 0 saturated carbocycles. The van der Waals surface area contributed by atoms with Crippen LogP contribution in [-0.2, 0) is 9.53 Å². The Morgan fingerprint density at radius 3 is 2.90 bits per heavy atom. The molecule has 3 atom stereocenters. The van der Waals surface area contributed by atoms with Gasteiger partial charge in [0.05, 0.1) is 18.1 Å². The summed E-state index contributed by atoms with van der Waals surface area (Å²) in [6.07, 6.45) is 3.21. The maximum atomic E-state index is 12.3. The van der Waals surface area contributed by atoms with Gasteiger partial charge in [0.1, 0.15) is 5.52 Å². The van der Waals surface area contributed by atoms with E-state index in [9.17, 15) is 4.79 Å². The SMILES string of the molecule is Cc1cc(C)c2oc(NC(=O)[C@H]3C[C@H]4CC[C@H]3O4)nc2c1. The van der Waals surface area contributed by atoms with E-state index in [4.69, 9.17) is 9.15 Å². The van der Waals surface area contributed by atoms with Crippen molar-refractivity contribution < 1.29 is 13.9 Å². The lowest BCUT2D eigenvalue weighted by Crippen LogP contribution is -2.30. The molecule has 4 rings (SSSR count). The number of carbonyl (C=O) groups excluding carboxylic acids is 1. The second kappa shape index (κ2) is 4.56. The van der Waals surface area contributed by atoms with Crippen molar-refractivity contribution in [3.05, 3.63) is 23.3 Å². The van der Waals surface area contributed by atoms with Gasteiger partial charge in [-0.2, -0.15) is 4.98 Å². The zero-order valence-corrected chi connectivity index (χ0v) is 12.2. The van der Waals surface area contributed by atoms with E-state index in [1.807, 2.05) is 26.0 Å². The first-order valence-electron chi connectivity index (χ1n) is 7.44. The van der Waals surface area contributed by atoms with E-state index in [1.54, 1.807) is 0 Å². The average molecular weight is 286 g/mol. The van der Waals surface area contributed by atoms with Gasteiger partial charge in [-0.25, -0.2) is 0 Å². The Hall–Kier alpha value is -1.88. The highest BCUT2D eigenvalue weighted by Gasteiger charge is 2.44. The topological polar surface area (TPSA) is 64.4 Å². The monoisotopic (exact) mass is 286 g/mol. The highest BCUT2D eigenvalue weighted by Crippen LogP contribution is 2.39. The molecule has 1 aromatic carbocycles. The molecule has 5 heteroatoms. The van der Waals surface area contributed by atoms with Crippen molar-refractivity contribution in [3.8, 4) is 0 Å². The van der Waals surface area contributed by atoms with Gasteiger partial charge in [-0.3, -0.25) is 10.1 Å². The third-order valence-electron chi connectivity index (χ3n) is 4.49. The van der Waals surface area contributed by atoms with E-state index in [1.165, 1.54) is 0 Å². The van der Waals surface area contributed by atoms with Gasteiger partial charge >= 0.3 is 6.01 Å². The molecule has 1 N–H and O–H groups in total. The maximum absolute atomic E-state index is 12.3. The Kier molecular flexibility index (Phi) is 2.79. The van der Waals surface area contributed by atoms with E-state index in [2.05, 4.69) is 10.3 Å². The molecule has 2 aliphatic rings. The van der Waals surface area contributed by atoms with Crippen LogP contribution in [0.5, 0.6) is 0 Å². The predicted octanol–water partition coefficient (Wildman–Crippen LogP) is 2.95. The van der Waals surface area contributed by atoms with E-state index < -0.39 is 0 Å². The molecule has 0 unspecified atom stereocenters. The van der Waals surface area contributed by atoms with E-state index in [0.29, 0.717) is 0 Å². The number of oxazole rings is 1. The van der Waals surface area contributed by atoms with Gasteiger partial charge in [0.2, 0.25) is 5.91 Å². The lowest BCUT2D eigenvalue weighted by atomic mass is 9.89. The number of nitrogens with one attached hydrogen (secondary N) is 1. The molecule has 0 aliphatic carbocycles. The number of aromatic nitrogens is 1. The molecule has 110 valence electrons. The number of carbonyl (C=O) groups is 1. The second-order valence-electron chi connectivity index (χ2n) is 6.15. The summed E-state index contributed by atoms with van der Waals surface area (Å²) in [4.78, 5) is 16.7. The first kappa shape index (κ1) is 12.8. The largest absolute Gasteiger partial charge is 0.423 e. The molecule has 3 heterocycles. The Labute approximate surface area is 122 Å². The number of rotatable bonds is 2. The first-order chi connectivity index (χ1) is 10.1. The van der Waals surface area contributed by atoms with Gasteiger partial charge in [0.25, 0.3) is 0 Å². The smallest absolute Gasteiger partial charge is 0.302 e. The third-order valence-corrected chi connectivity index (χ3v) is 4.49. The Bertz CT molecular complexity index is 722. The number of benzene rings is 1. The summed E-state index contributed by atoms with van der Waals surface area (Å²) >= 11 is 0. The summed E-state index contributed by atoms with van der Waals surface area (Å²) in [5.41, 5.74) is 3.68. The molecule has 0 radical (unpaired) electrons. The maximum Gasteiger partial charge on any atom is 0.302 e. The van der Waals surface area contributed by atoms with Crippen molar-refractivity contribution in [1.82, 2.24) is 4.98 Å². The first-order valence-corrected chi connectivity index (χ1v) is 7.44. The summed E-state index contributed by atoms with van der Waals surface area (Å²) in [7, 11) is 0. The van der Waals surface area contributed by atoms with Crippen LogP contribution >= 0.6 is 0 Å². The fourth-order valence-corrected chi connectivity index (χ4v) is 3.54. The minimum Gasteiger partial charge on any atom is -0.423 e. The predicted molar refractivity (Wildman–Crippen MR) is 78.1 cm³/mol. The van der Waals surface area contributed by atoms with Crippen LogP contribution in [0.15, 0.2) is 16.5 Å². The number of hydrogen-bond acceptors (Lipinski definition) is 4. The highest BCUT2D eigenvalue weighted by atomic mass is 16.5. The molecular formula is C16H18N2O3. The van der Waals surface area contributed by atoms with Crippen molar-refractivity contribution in [3.63, 3.8) is 0 Å². The van der Waals surface area contributed by atoms with Crippen LogP contribution in [0.2, 0.25) is 0 Å². The third kappa shape index (κ3) is 2.12. The zero-order chi connectivity index (χ0) is 14.6. The van der Waals surface area contributed by atoms with Crippen LogP contribution < -0.4 is 5.32 Å². The molecule has 2 saturated heterocycles. The molecule has 2 aliphatic heterocycles. The molecule has 1 amide bonds. The zero-order valence-electron chi connectivity index (χ0n) is 12.2. The van der Waals surface area contributed by atoms with Crippen LogP contribution in [0, 0.1) is 19.8 Å². The number of amides is 1. The summed E-state index contributed by atoms with van der Waals surface area (Å²) in [5.74, 6) is -0.107. The van der Waals surface area contributed by atoms with Crippen molar-refractivity contribution in [2.24, 2.45) is 5.92 Å². The van der Waals surface area contributed by atoms with Crippen molar-refractivity contribution >= 4 is 23.0 Å². The van der Waals surface area contributed by atoms with Crippen LogP contribution in [0.4, 0.5) is 6.01 Å². The summed E-state index contributed by atoms with van der Waals surface area (Å²) in [5, 5.41) is 2.81. The lowest BCUT2D eigenvalue weighted by molar-refractivity contribution is -0.121. The number of anilines is 1. The number of hydrogen-bond donors (Lipinski definition) is 1. The second-order valence-corrected chi connectivity index (χ2v) is 6.15. The molecule has 1 aromatic heterocycles. The lowest BCUT2D eigenvalue weighted by Gasteiger charge is -2.16. The Balaban J connectivity index is 1.57. The van der Waals surface area contributed by atoms with E-state index in [0.717, 1.165) is 41.5 Å². The van der Waals surface area contributed by atoms with Gasteiger partial charge in [0.15, 0.2) is 5.58 Å². The fourth-order valence-electron chi connectivity index (χ4n) is 3.54. The molecule has 2 fully saturated rings. The summed E-state index contributed by atoms with van der Waals surface area (Å²) in [6, 6.07) is 4.29. The van der Waals surface area contributed by atoms with Crippen LogP contribution in [0.1, 0.15) is 30.4 Å². The Morgan fingerprint density at radius 1 is 1.33 bits per heavy atom. The van der Waals surface area contributed by atoms with Crippen molar-refractivity contribution in [2.75, 3.05) is 5.32 Å².